The number of para-hydroxylation sites is 1. The Labute approximate surface area is 110 Å². The highest BCUT2D eigenvalue weighted by Crippen LogP contribution is 2.32. The fraction of sp³-hybridized carbons (Fsp3) is 0.0714. The van der Waals surface area contributed by atoms with Gasteiger partial charge in [0, 0.05) is 0 Å². The Morgan fingerprint density at radius 2 is 1.79 bits per heavy atom. The van der Waals surface area contributed by atoms with E-state index in [1.165, 1.54) is 18.2 Å². The van der Waals surface area contributed by atoms with E-state index in [4.69, 9.17) is 4.74 Å². The Bertz CT molecular complexity index is 569. The minimum atomic E-state index is -0.704. The van der Waals surface area contributed by atoms with Crippen molar-refractivity contribution in [1.29, 1.82) is 0 Å². The molecule has 0 aromatic heterocycles. The van der Waals surface area contributed by atoms with E-state index in [-0.39, 0.29) is 23.8 Å². The third kappa shape index (κ3) is 3.38. The van der Waals surface area contributed by atoms with Crippen LogP contribution in [-0.2, 0) is 11.3 Å². The van der Waals surface area contributed by atoms with Crippen LogP contribution < -0.4 is 5.32 Å². The highest BCUT2D eigenvalue weighted by molar-refractivity contribution is 5.87. The Kier molecular flexibility index (Phi) is 3.87. The summed E-state index contributed by atoms with van der Waals surface area (Å²) in [6.45, 7) is 0.131. The second-order valence-corrected chi connectivity index (χ2v) is 3.86. The molecule has 0 fully saturated rings. The van der Waals surface area contributed by atoms with E-state index >= 15 is 0 Å². The number of phenolic OH excluding ortho intramolecular Hbond substituents is 2. The van der Waals surface area contributed by atoms with Gasteiger partial charge in [0.25, 0.3) is 0 Å². The molecule has 5 nitrogen and oxygen atoms in total. The maximum absolute atomic E-state index is 11.5. The van der Waals surface area contributed by atoms with Gasteiger partial charge in [-0.05, 0) is 17.7 Å². The summed E-state index contributed by atoms with van der Waals surface area (Å²) in [5.74, 6) is -0.694. The van der Waals surface area contributed by atoms with Crippen molar-refractivity contribution in [2.45, 2.75) is 6.61 Å². The number of carbonyl (C=O) groups excluding carboxylic acids is 1. The fourth-order valence-corrected chi connectivity index (χ4v) is 1.50. The maximum Gasteiger partial charge on any atom is 0.412 e. The Hall–Kier alpha value is -2.69. The topological polar surface area (TPSA) is 78.8 Å². The summed E-state index contributed by atoms with van der Waals surface area (Å²) >= 11 is 0. The molecule has 5 heteroatoms. The number of hydrogen-bond donors (Lipinski definition) is 3. The van der Waals surface area contributed by atoms with E-state index in [0.717, 1.165) is 5.56 Å². The largest absolute Gasteiger partial charge is 0.504 e. The van der Waals surface area contributed by atoms with Crippen LogP contribution in [-0.4, -0.2) is 16.3 Å². The molecule has 0 saturated heterocycles. The predicted octanol–water partition coefficient (Wildman–Crippen LogP) is 2.85. The molecule has 0 aliphatic heterocycles. The standard InChI is InChI=1S/C14H13NO4/c16-12-8-4-7-11(13(12)17)15-14(18)19-9-10-5-2-1-3-6-10/h1-8,16-17H,9H2,(H,15,18). The van der Waals surface area contributed by atoms with E-state index < -0.39 is 6.09 Å². The third-order valence-corrected chi connectivity index (χ3v) is 2.46. The van der Waals surface area contributed by atoms with Crippen molar-refractivity contribution in [2.24, 2.45) is 0 Å². The quantitative estimate of drug-likeness (QED) is 0.740. The smallest absolute Gasteiger partial charge is 0.412 e. The Balaban J connectivity index is 1.93. The Morgan fingerprint density at radius 1 is 1.05 bits per heavy atom. The molecule has 0 aliphatic rings. The SMILES string of the molecule is O=C(Nc1cccc(O)c1O)OCc1ccccc1. The van der Waals surface area contributed by atoms with E-state index in [1.54, 1.807) is 0 Å². The van der Waals surface area contributed by atoms with E-state index in [1.807, 2.05) is 30.3 Å². The van der Waals surface area contributed by atoms with Gasteiger partial charge in [0.2, 0.25) is 0 Å². The van der Waals surface area contributed by atoms with Crippen molar-refractivity contribution in [3.63, 3.8) is 0 Å². The summed E-state index contributed by atoms with van der Waals surface area (Å²) in [7, 11) is 0. The summed E-state index contributed by atoms with van der Waals surface area (Å²) in [5, 5.41) is 21.1. The lowest BCUT2D eigenvalue weighted by Crippen LogP contribution is -2.13. The molecule has 2 aromatic carbocycles. The number of ether oxygens (including phenoxy) is 1. The lowest BCUT2D eigenvalue weighted by molar-refractivity contribution is 0.155. The molecule has 0 heterocycles. The van der Waals surface area contributed by atoms with Crippen molar-refractivity contribution in [2.75, 3.05) is 5.32 Å². The van der Waals surface area contributed by atoms with Crippen molar-refractivity contribution >= 4 is 11.8 Å². The van der Waals surface area contributed by atoms with Gasteiger partial charge in [-0.3, -0.25) is 5.32 Å². The molecule has 98 valence electrons. The Morgan fingerprint density at radius 3 is 2.53 bits per heavy atom. The van der Waals surface area contributed by atoms with Gasteiger partial charge in [-0.25, -0.2) is 4.79 Å². The number of carbonyl (C=O) groups is 1. The molecule has 3 N–H and O–H groups in total. The van der Waals surface area contributed by atoms with Crippen LogP contribution >= 0.6 is 0 Å². The minimum absolute atomic E-state index is 0.0954. The predicted molar refractivity (Wildman–Crippen MR) is 70.0 cm³/mol. The van der Waals surface area contributed by atoms with Gasteiger partial charge in [0.15, 0.2) is 11.5 Å². The number of rotatable bonds is 3. The average molecular weight is 259 g/mol. The van der Waals surface area contributed by atoms with Crippen molar-refractivity contribution in [1.82, 2.24) is 0 Å². The van der Waals surface area contributed by atoms with Gasteiger partial charge in [-0.15, -0.1) is 0 Å². The van der Waals surface area contributed by atoms with Crippen LogP contribution in [0.15, 0.2) is 48.5 Å². The molecule has 0 bridgehead atoms. The van der Waals surface area contributed by atoms with Crippen LogP contribution in [0.25, 0.3) is 0 Å². The van der Waals surface area contributed by atoms with Crippen LogP contribution in [0.3, 0.4) is 0 Å². The van der Waals surface area contributed by atoms with Gasteiger partial charge in [0.05, 0.1) is 5.69 Å². The summed E-state index contributed by atoms with van der Waals surface area (Å²) in [5.41, 5.74) is 0.954. The van der Waals surface area contributed by atoms with Crippen molar-refractivity contribution in [3.05, 3.63) is 54.1 Å². The minimum Gasteiger partial charge on any atom is -0.504 e. The lowest BCUT2D eigenvalue weighted by Gasteiger charge is -2.09. The summed E-state index contributed by atoms with van der Waals surface area (Å²) in [6.07, 6.45) is -0.704. The first-order valence-corrected chi connectivity index (χ1v) is 5.65. The molecule has 19 heavy (non-hydrogen) atoms. The molecule has 2 aromatic rings. The van der Waals surface area contributed by atoms with Gasteiger partial charge >= 0.3 is 6.09 Å². The summed E-state index contributed by atoms with van der Waals surface area (Å²) in [6, 6.07) is 13.5. The second kappa shape index (κ2) is 5.77. The van der Waals surface area contributed by atoms with E-state index in [9.17, 15) is 15.0 Å². The molecular weight excluding hydrogens is 246 g/mol. The van der Waals surface area contributed by atoms with Gasteiger partial charge in [0.1, 0.15) is 6.61 Å². The fourth-order valence-electron chi connectivity index (χ4n) is 1.50. The van der Waals surface area contributed by atoms with E-state index in [0.29, 0.717) is 0 Å². The second-order valence-electron chi connectivity index (χ2n) is 3.86. The monoisotopic (exact) mass is 259 g/mol. The molecule has 1 amide bonds. The molecule has 0 spiro atoms. The zero-order valence-electron chi connectivity index (χ0n) is 10.0. The van der Waals surface area contributed by atoms with E-state index in [2.05, 4.69) is 5.32 Å². The van der Waals surface area contributed by atoms with Gasteiger partial charge in [-0.1, -0.05) is 36.4 Å². The first-order valence-electron chi connectivity index (χ1n) is 5.65. The maximum atomic E-state index is 11.5. The van der Waals surface area contributed by atoms with Crippen molar-refractivity contribution in [3.8, 4) is 11.5 Å². The molecule has 0 radical (unpaired) electrons. The molecule has 0 aliphatic carbocycles. The third-order valence-electron chi connectivity index (χ3n) is 2.46. The highest BCUT2D eigenvalue weighted by atomic mass is 16.5. The first kappa shape index (κ1) is 12.8. The molecule has 0 atom stereocenters. The number of phenols is 2. The lowest BCUT2D eigenvalue weighted by atomic mass is 10.2. The summed E-state index contributed by atoms with van der Waals surface area (Å²) < 4.78 is 4.98. The number of benzene rings is 2. The molecule has 0 saturated carbocycles. The molecule has 2 rings (SSSR count). The normalized spacial score (nSPS) is 9.89. The average Bonchev–Trinajstić information content (AvgIpc) is 2.43. The number of anilines is 1. The van der Waals surface area contributed by atoms with Gasteiger partial charge < -0.3 is 14.9 Å². The van der Waals surface area contributed by atoms with Crippen LogP contribution in [0.4, 0.5) is 10.5 Å². The summed E-state index contributed by atoms with van der Waals surface area (Å²) in [4.78, 5) is 11.5. The van der Waals surface area contributed by atoms with Gasteiger partial charge in [-0.2, -0.15) is 0 Å². The number of aromatic hydroxyl groups is 2. The van der Waals surface area contributed by atoms with Crippen LogP contribution in [0.2, 0.25) is 0 Å². The van der Waals surface area contributed by atoms with Crippen LogP contribution in [0, 0.1) is 0 Å². The molecule has 0 unspecified atom stereocenters. The molecular formula is C14H13NO4. The van der Waals surface area contributed by atoms with Crippen LogP contribution in [0.5, 0.6) is 11.5 Å². The van der Waals surface area contributed by atoms with Crippen molar-refractivity contribution < 1.29 is 19.7 Å². The first-order chi connectivity index (χ1) is 9.16. The highest BCUT2D eigenvalue weighted by Gasteiger charge is 2.10. The number of hydrogen-bond acceptors (Lipinski definition) is 4. The number of nitrogens with one attached hydrogen (secondary N) is 1. The zero-order valence-corrected chi connectivity index (χ0v) is 10.0. The number of amides is 1. The zero-order chi connectivity index (χ0) is 13.7. The van der Waals surface area contributed by atoms with Crippen LogP contribution in [0.1, 0.15) is 5.56 Å².